The molecule has 0 amide bonds. The molecule has 15 heavy (non-hydrogen) atoms. The number of rotatable bonds is 4. The second kappa shape index (κ2) is 5.48. The molecule has 1 N–H and O–H groups in total. The number of morpholine rings is 1. The van der Waals surface area contributed by atoms with Crippen molar-refractivity contribution < 1.29 is 4.74 Å². The van der Waals surface area contributed by atoms with Gasteiger partial charge in [-0.05, 0) is 19.4 Å². The molecule has 3 nitrogen and oxygen atoms in total. The first-order valence-corrected chi connectivity index (χ1v) is 6.43. The number of hydrogen-bond donors (Lipinski definition) is 1. The summed E-state index contributed by atoms with van der Waals surface area (Å²) in [5.74, 6) is 0. The number of likely N-dealkylation sites (N-methyl/N-ethyl adjacent to an activating group) is 1. The molecule has 4 heteroatoms. The molecule has 0 bridgehead atoms. The predicted molar refractivity (Wildman–Crippen MR) is 62.5 cm³/mol. The van der Waals surface area contributed by atoms with Gasteiger partial charge in [-0.1, -0.05) is 6.92 Å². The maximum Gasteiger partial charge on any atom is 0.0826 e. The van der Waals surface area contributed by atoms with E-state index in [2.05, 4.69) is 17.1 Å². The van der Waals surface area contributed by atoms with E-state index < -0.39 is 0 Å². The molecule has 1 heterocycles. The van der Waals surface area contributed by atoms with Crippen molar-refractivity contribution in [2.45, 2.75) is 37.3 Å². The maximum atomic E-state index is 5.93. The Balaban J connectivity index is 1.62. The van der Waals surface area contributed by atoms with Gasteiger partial charge in [-0.2, -0.15) is 0 Å². The molecule has 0 aromatic rings. The standard InChI is InChI=1S/C11H21ClN2O/c1-2-14-3-4-15-11(8-14)7-13-10-5-9(12)6-10/h9-11,13H,2-8H2,1H3. The normalized spacial score (nSPS) is 37.6. The van der Waals surface area contributed by atoms with Crippen LogP contribution in [0.4, 0.5) is 0 Å². The Morgan fingerprint density at radius 3 is 2.93 bits per heavy atom. The van der Waals surface area contributed by atoms with Gasteiger partial charge >= 0.3 is 0 Å². The van der Waals surface area contributed by atoms with Crippen LogP contribution < -0.4 is 5.32 Å². The fourth-order valence-corrected chi connectivity index (χ4v) is 2.63. The summed E-state index contributed by atoms with van der Waals surface area (Å²) in [5, 5.41) is 3.93. The summed E-state index contributed by atoms with van der Waals surface area (Å²) in [6.07, 6.45) is 2.60. The zero-order valence-electron chi connectivity index (χ0n) is 9.42. The third kappa shape index (κ3) is 3.31. The first-order chi connectivity index (χ1) is 7.28. The average molecular weight is 233 g/mol. The van der Waals surface area contributed by atoms with E-state index in [0.29, 0.717) is 17.5 Å². The monoisotopic (exact) mass is 232 g/mol. The van der Waals surface area contributed by atoms with E-state index in [1.54, 1.807) is 0 Å². The fraction of sp³-hybridized carbons (Fsp3) is 1.00. The predicted octanol–water partition coefficient (Wildman–Crippen LogP) is 1.07. The van der Waals surface area contributed by atoms with Crippen LogP contribution in [-0.2, 0) is 4.74 Å². The lowest BCUT2D eigenvalue weighted by atomic mass is 9.92. The van der Waals surface area contributed by atoms with Crippen LogP contribution in [0.5, 0.6) is 0 Å². The molecule has 88 valence electrons. The molecule has 0 aromatic heterocycles. The molecular weight excluding hydrogens is 212 g/mol. The van der Waals surface area contributed by atoms with Crippen LogP contribution in [0.2, 0.25) is 0 Å². The van der Waals surface area contributed by atoms with Gasteiger partial charge in [0.25, 0.3) is 0 Å². The van der Waals surface area contributed by atoms with E-state index in [-0.39, 0.29) is 0 Å². The Bertz CT molecular complexity index is 197. The van der Waals surface area contributed by atoms with Crippen LogP contribution in [0.15, 0.2) is 0 Å². The zero-order chi connectivity index (χ0) is 10.7. The van der Waals surface area contributed by atoms with Crippen LogP contribution in [0.25, 0.3) is 0 Å². The van der Waals surface area contributed by atoms with Crippen molar-refractivity contribution in [2.24, 2.45) is 0 Å². The minimum atomic E-state index is 0.369. The fourth-order valence-electron chi connectivity index (χ4n) is 2.20. The third-order valence-corrected chi connectivity index (χ3v) is 3.74. The maximum absolute atomic E-state index is 5.93. The molecule has 1 atom stereocenters. The van der Waals surface area contributed by atoms with E-state index >= 15 is 0 Å². The number of nitrogens with one attached hydrogen (secondary N) is 1. The van der Waals surface area contributed by atoms with Crippen molar-refractivity contribution in [3.8, 4) is 0 Å². The highest BCUT2D eigenvalue weighted by atomic mass is 35.5. The van der Waals surface area contributed by atoms with E-state index in [1.807, 2.05) is 0 Å². The van der Waals surface area contributed by atoms with Crippen LogP contribution in [-0.4, -0.2) is 55.2 Å². The Morgan fingerprint density at radius 1 is 1.47 bits per heavy atom. The van der Waals surface area contributed by atoms with Gasteiger partial charge in [-0.3, -0.25) is 4.90 Å². The van der Waals surface area contributed by atoms with Gasteiger partial charge in [0.15, 0.2) is 0 Å². The number of ether oxygens (including phenoxy) is 1. The number of hydrogen-bond acceptors (Lipinski definition) is 3. The van der Waals surface area contributed by atoms with E-state index in [9.17, 15) is 0 Å². The number of nitrogens with zero attached hydrogens (tertiary/aromatic N) is 1. The smallest absolute Gasteiger partial charge is 0.0826 e. The molecule has 1 saturated carbocycles. The second-order valence-electron chi connectivity index (χ2n) is 4.56. The first-order valence-electron chi connectivity index (χ1n) is 5.99. The highest BCUT2D eigenvalue weighted by Gasteiger charge is 2.28. The summed E-state index contributed by atoms with van der Waals surface area (Å²) < 4.78 is 5.72. The van der Waals surface area contributed by atoms with Crippen molar-refractivity contribution in [3.05, 3.63) is 0 Å². The summed E-state index contributed by atoms with van der Waals surface area (Å²) in [5.41, 5.74) is 0. The van der Waals surface area contributed by atoms with Gasteiger partial charge in [-0.25, -0.2) is 0 Å². The molecule has 1 saturated heterocycles. The van der Waals surface area contributed by atoms with Crippen LogP contribution in [0.3, 0.4) is 0 Å². The van der Waals surface area contributed by atoms with Gasteiger partial charge < -0.3 is 10.1 Å². The van der Waals surface area contributed by atoms with E-state index in [1.165, 1.54) is 0 Å². The lowest BCUT2D eigenvalue weighted by Crippen LogP contribution is -2.50. The Morgan fingerprint density at radius 2 is 2.27 bits per heavy atom. The highest BCUT2D eigenvalue weighted by Crippen LogP contribution is 2.25. The van der Waals surface area contributed by atoms with E-state index in [4.69, 9.17) is 16.3 Å². The molecule has 2 rings (SSSR count). The second-order valence-corrected chi connectivity index (χ2v) is 5.18. The molecule has 2 aliphatic rings. The van der Waals surface area contributed by atoms with Gasteiger partial charge in [-0.15, -0.1) is 11.6 Å². The SMILES string of the molecule is CCN1CCOC(CNC2CC(Cl)C2)C1. The van der Waals surface area contributed by atoms with Crippen molar-refractivity contribution in [1.82, 2.24) is 10.2 Å². The average Bonchev–Trinajstić information content (AvgIpc) is 2.23. The van der Waals surface area contributed by atoms with Crippen LogP contribution in [0.1, 0.15) is 19.8 Å². The summed E-state index contributed by atoms with van der Waals surface area (Å²) in [6, 6.07) is 0.633. The molecule has 0 aromatic carbocycles. The van der Waals surface area contributed by atoms with Crippen molar-refractivity contribution >= 4 is 11.6 Å². The molecule has 0 spiro atoms. The highest BCUT2D eigenvalue weighted by molar-refractivity contribution is 6.21. The molecule has 1 aliphatic heterocycles. The van der Waals surface area contributed by atoms with Gasteiger partial charge in [0.05, 0.1) is 12.7 Å². The van der Waals surface area contributed by atoms with Gasteiger partial charge in [0.1, 0.15) is 0 Å². The first kappa shape index (κ1) is 11.6. The lowest BCUT2D eigenvalue weighted by Gasteiger charge is -2.36. The summed E-state index contributed by atoms with van der Waals surface area (Å²) >= 11 is 5.93. The van der Waals surface area contributed by atoms with E-state index in [0.717, 1.165) is 45.6 Å². The van der Waals surface area contributed by atoms with Crippen molar-refractivity contribution in [3.63, 3.8) is 0 Å². The molecule has 1 unspecified atom stereocenters. The molecular formula is C11H21ClN2O. The van der Waals surface area contributed by atoms with Gasteiger partial charge in [0, 0.05) is 31.1 Å². The largest absolute Gasteiger partial charge is 0.374 e. The third-order valence-electron chi connectivity index (χ3n) is 3.38. The van der Waals surface area contributed by atoms with Crippen LogP contribution >= 0.6 is 11.6 Å². The van der Waals surface area contributed by atoms with Gasteiger partial charge in [0.2, 0.25) is 0 Å². The minimum Gasteiger partial charge on any atom is -0.374 e. The van der Waals surface area contributed by atoms with Crippen molar-refractivity contribution in [1.29, 1.82) is 0 Å². The minimum absolute atomic E-state index is 0.369. The Labute approximate surface area is 97.1 Å². The Hall–Kier alpha value is 0.170. The topological polar surface area (TPSA) is 24.5 Å². The molecule has 1 aliphatic carbocycles. The number of alkyl halides is 1. The summed E-state index contributed by atoms with van der Waals surface area (Å²) in [6.45, 7) is 7.35. The van der Waals surface area contributed by atoms with Crippen LogP contribution in [0, 0.1) is 0 Å². The molecule has 0 radical (unpaired) electrons. The zero-order valence-corrected chi connectivity index (χ0v) is 10.2. The lowest BCUT2D eigenvalue weighted by molar-refractivity contribution is -0.0273. The summed E-state index contributed by atoms with van der Waals surface area (Å²) in [4.78, 5) is 2.45. The quantitative estimate of drug-likeness (QED) is 0.734. The number of halogens is 1. The van der Waals surface area contributed by atoms with Crippen molar-refractivity contribution in [2.75, 3.05) is 32.8 Å². The summed E-state index contributed by atoms with van der Waals surface area (Å²) in [7, 11) is 0. The molecule has 2 fully saturated rings. The Kier molecular flexibility index (Phi) is 4.26.